The minimum atomic E-state index is -0.813. The number of hydrogen-bond donors (Lipinski definition) is 2. The second kappa shape index (κ2) is 10.4. The Morgan fingerprint density at radius 1 is 1.13 bits per heavy atom. The molecule has 0 aliphatic carbocycles. The Morgan fingerprint density at radius 2 is 1.92 bits per heavy atom. The van der Waals surface area contributed by atoms with Gasteiger partial charge in [0.1, 0.15) is 22.9 Å². The van der Waals surface area contributed by atoms with E-state index < -0.39 is 17.4 Å². The van der Waals surface area contributed by atoms with E-state index in [4.69, 9.17) is 21.3 Å². The van der Waals surface area contributed by atoms with Crippen LogP contribution in [0.3, 0.4) is 0 Å². The van der Waals surface area contributed by atoms with Gasteiger partial charge in [-0.1, -0.05) is 17.7 Å². The number of phenolic OH excluding ortho intramolecular Hbond substituents is 1. The maximum atomic E-state index is 16.2. The summed E-state index contributed by atoms with van der Waals surface area (Å²) in [6, 6.07) is 6.70. The number of aromatic hydroxyl groups is 1. The van der Waals surface area contributed by atoms with E-state index in [1.54, 1.807) is 6.07 Å². The van der Waals surface area contributed by atoms with Crippen LogP contribution in [-0.2, 0) is 0 Å². The molecule has 3 fully saturated rings. The first-order chi connectivity index (χ1) is 18.4. The third-order valence-electron chi connectivity index (χ3n) is 8.18. The van der Waals surface area contributed by atoms with Gasteiger partial charge in [-0.25, -0.2) is 8.78 Å². The number of anilines is 1. The Hall–Kier alpha value is -2.75. The molecule has 7 nitrogen and oxygen atoms in total. The van der Waals surface area contributed by atoms with E-state index in [-0.39, 0.29) is 27.7 Å². The summed E-state index contributed by atoms with van der Waals surface area (Å²) >= 11 is 6.54. The molecule has 10 heteroatoms. The second-order valence-electron chi connectivity index (χ2n) is 10.7. The molecule has 0 spiro atoms. The van der Waals surface area contributed by atoms with Crippen LogP contribution in [0.1, 0.15) is 38.5 Å². The standard InChI is InChI=1S/C28H32ClF2N5O2/c1-35-11-3-5-18(35)6-4-12-38-28-33-26-19(27(34-28)36-14-16-9-10-17(15-36)32-16)13-20(29)23(25(26)31)24-21(30)7-2-8-22(24)37/h2,7-8,13,16-18,32,37H,3-6,9-12,14-15H2,1H3. The molecule has 3 aliphatic rings. The molecule has 1 aromatic heterocycles. The highest BCUT2D eigenvalue weighted by Crippen LogP contribution is 2.43. The van der Waals surface area contributed by atoms with E-state index in [1.165, 1.54) is 25.0 Å². The van der Waals surface area contributed by atoms with Crippen LogP contribution >= 0.6 is 11.6 Å². The number of ether oxygens (including phenoxy) is 1. The Labute approximate surface area is 225 Å². The molecule has 0 radical (unpaired) electrons. The van der Waals surface area contributed by atoms with Crippen molar-refractivity contribution >= 4 is 28.3 Å². The van der Waals surface area contributed by atoms with Crippen molar-refractivity contribution in [3.63, 3.8) is 0 Å². The predicted octanol–water partition coefficient (Wildman–Crippen LogP) is 5.13. The van der Waals surface area contributed by atoms with Crippen molar-refractivity contribution in [2.75, 3.05) is 38.2 Å². The molecular weight excluding hydrogens is 512 g/mol. The number of nitrogens with one attached hydrogen (secondary N) is 1. The fourth-order valence-electron chi connectivity index (χ4n) is 6.25. The summed E-state index contributed by atoms with van der Waals surface area (Å²) in [4.78, 5) is 13.7. The van der Waals surface area contributed by atoms with Crippen molar-refractivity contribution in [3.05, 3.63) is 40.9 Å². The van der Waals surface area contributed by atoms with E-state index in [1.807, 2.05) is 0 Å². The van der Waals surface area contributed by atoms with Crippen LogP contribution in [0.5, 0.6) is 11.8 Å². The molecule has 2 bridgehead atoms. The monoisotopic (exact) mass is 543 g/mol. The summed E-state index contributed by atoms with van der Waals surface area (Å²) in [5.74, 6) is -1.42. The van der Waals surface area contributed by atoms with Crippen LogP contribution in [0.4, 0.5) is 14.6 Å². The summed E-state index contributed by atoms with van der Waals surface area (Å²) in [6.07, 6.45) is 6.41. The minimum Gasteiger partial charge on any atom is -0.507 e. The molecule has 3 aromatic rings. The summed E-state index contributed by atoms with van der Waals surface area (Å²) in [7, 11) is 2.15. The molecule has 3 aliphatic heterocycles. The number of rotatable bonds is 7. The van der Waals surface area contributed by atoms with Gasteiger partial charge in [-0.3, -0.25) is 0 Å². The quantitative estimate of drug-likeness (QED) is 0.400. The zero-order valence-corrected chi connectivity index (χ0v) is 22.1. The molecule has 0 amide bonds. The molecule has 2 N–H and O–H groups in total. The minimum absolute atomic E-state index is 0.00606. The SMILES string of the molecule is CN1CCCC1CCCOc1nc(N2CC3CCC(C2)N3)c2cc(Cl)c(-c3c(O)cccc3F)c(F)c2n1. The van der Waals surface area contributed by atoms with E-state index in [0.717, 1.165) is 51.4 Å². The molecule has 38 heavy (non-hydrogen) atoms. The predicted molar refractivity (Wildman–Crippen MR) is 144 cm³/mol. The molecule has 6 rings (SSSR count). The van der Waals surface area contributed by atoms with E-state index in [9.17, 15) is 9.50 Å². The third-order valence-corrected chi connectivity index (χ3v) is 8.48. The van der Waals surface area contributed by atoms with Gasteiger partial charge in [0.15, 0.2) is 5.82 Å². The largest absolute Gasteiger partial charge is 0.507 e. The lowest BCUT2D eigenvalue weighted by atomic mass is 10.0. The first-order valence-corrected chi connectivity index (χ1v) is 13.8. The number of likely N-dealkylation sites (tertiary alicyclic amines) is 1. The maximum Gasteiger partial charge on any atom is 0.319 e. The van der Waals surface area contributed by atoms with Crippen LogP contribution in [0.25, 0.3) is 22.0 Å². The van der Waals surface area contributed by atoms with Gasteiger partial charge in [0.25, 0.3) is 0 Å². The lowest BCUT2D eigenvalue weighted by Crippen LogP contribution is -2.51. The maximum absolute atomic E-state index is 16.2. The highest BCUT2D eigenvalue weighted by atomic mass is 35.5. The first-order valence-electron chi connectivity index (χ1n) is 13.4. The zero-order chi connectivity index (χ0) is 26.4. The van der Waals surface area contributed by atoms with Crippen molar-refractivity contribution in [3.8, 4) is 22.9 Å². The van der Waals surface area contributed by atoms with Crippen molar-refractivity contribution < 1.29 is 18.6 Å². The smallest absolute Gasteiger partial charge is 0.319 e. The molecule has 3 unspecified atom stereocenters. The normalized spacial score (nSPS) is 23.5. The van der Waals surface area contributed by atoms with Crippen molar-refractivity contribution in [1.82, 2.24) is 20.2 Å². The number of piperazine rings is 1. The van der Waals surface area contributed by atoms with Gasteiger partial charge in [-0.15, -0.1) is 0 Å². The molecule has 202 valence electrons. The lowest BCUT2D eigenvalue weighted by Gasteiger charge is -2.34. The Morgan fingerprint density at radius 3 is 2.63 bits per heavy atom. The third kappa shape index (κ3) is 4.76. The molecule has 4 heterocycles. The molecule has 3 saturated heterocycles. The van der Waals surface area contributed by atoms with E-state index >= 15 is 4.39 Å². The lowest BCUT2D eigenvalue weighted by molar-refractivity contribution is 0.245. The number of phenols is 1. The van der Waals surface area contributed by atoms with E-state index in [0.29, 0.717) is 35.9 Å². The van der Waals surface area contributed by atoms with Crippen LogP contribution < -0.4 is 15.0 Å². The molecule has 2 aromatic carbocycles. The highest BCUT2D eigenvalue weighted by molar-refractivity contribution is 6.34. The van der Waals surface area contributed by atoms with Gasteiger partial charge < -0.3 is 25.0 Å². The number of hydrogen-bond acceptors (Lipinski definition) is 7. The molecule has 3 atom stereocenters. The average Bonchev–Trinajstić information content (AvgIpc) is 3.46. The number of nitrogens with zero attached hydrogens (tertiary/aromatic N) is 4. The number of benzene rings is 2. The van der Waals surface area contributed by atoms with Crippen molar-refractivity contribution in [2.24, 2.45) is 0 Å². The highest BCUT2D eigenvalue weighted by Gasteiger charge is 2.34. The molecule has 0 saturated carbocycles. The Bertz CT molecular complexity index is 1330. The fraction of sp³-hybridized carbons (Fsp3) is 0.500. The van der Waals surface area contributed by atoms with Gasteiger partial charge >= 0.3 is 6.01 Å². The summed E-state index contributed by atoms with van der Waals surface area (Å²) in [5, 5.41) is 14.4. The second-order valence-corrected chi connectivity index (χ2v) is 11.1. The average molecular weight is 544 g/mol. The van der Waals surface area contributed by atoms with Crippen LogP contribution in [0.15, 0.2) is 24.3 Å². The molecular formula is C28H32ClF2N5O2. The van der Waals surface area contributed by atoms with E-state index in [2.05, 4.69) is 27.1 Å². The Balaban J connectivity index is 1.38. The van der Waals surface area contributed by atoms with Gasteiger partial charge in [0, 0.05) is 42.2 Å². The van der Waals surface area contributed by atoms with Gasteiger partial charge in [0.2, 0.25) is 0 Å². The van der Waals surface area contributed by atoms with Crippen molar-refractivity contribution in [1.29, 1.82) is 0 Å². The van der Waals surface area contributed by atoms with Crippen LogP contribution in [0, 0.1) is 11.6 Å². The number of halogens is 3. The zero-order valence-electron chi connectivity index (χ0n) is 21.4. The topological polar surface area (TPSA) is 73.8 Å². The summed E-state index contributed by atoms with van der Waals surface area (Å²) in [5.41, 5.74) is -0.524. The van der Waals surface area contributed by atoms with Gasteiger partial charge in [-0.2, -0.15) is 9.97 Å². The van der Waals surface area contributed by atoms with Crippen LogP contribution in [-0.4, -0.2) is 71.4 Å². The number of aromatic nitrogens is 2. The first kappa shape index (κ1) is 25.5. The Kier molecular flexibility index (Phi) is 7.01. The van der Waals surface area contributed by atoms with Crippen LogP contribution in [0.2, 0.25) is 5.02 Å². The number of fused-ring (bicyclic) bond motifs is 3. The summed E-state index contributed by atoms with van der Waals surface area (Å²) < 4.78 is 36.9. The fourth-order valence-corrected chi connectivity index (χ4v) is 6.54. The van der Waals surface area contributed by atoms with Gasteiger partial charge in [0.05, 0.1) is 17.2 Å². The summed E-state index contributed by atoms with van der Waals surface area (Å²) in [6.45, 7) is 2.99. The van der Waals surface area contributed by atoms with Gasteiger partial charge in [-0.05, 0) is 70.3 Å². The van der Waals surface area contributed by atoms with Crippen molar-refractivity contribution in [2.45, 2.75) is 56.7 Å².